The third kappa shape index (κ3) is 6.12. The summed E-state index contributed by atoms with van der Waals surface area (Å²) in [5.74, 6) is 1.45. The molecule has 1 atom stereocenters. The first-order valence-electron chi connectivity index (χ1n) is 7.35. The van der Waals surface area contributed by atoms with Crippen molar-refractivity contribution in [2.45, 2.75) is 39.3 Å². The van der Waals surface area contributed by atoms with Crippen LogP contribution in [-0.2, 0) is 11.3 Å². The Morgan fingerprint density at radius 3 is 2.67 bits per heavy atom. The van der Waals surface area contributed by atoms with E-state index in [1.807, 2.05) is 6.07 Å². The van der Waals surface area contributed by atoms with Crippen LogP contribution in [0.5, 0.6) is 11.5 Å². The molecule has 0 aliphatic heterocycles. The van der Waals surface area contributed by atoms with Crippen molar-refractivity contribution in [2.24, 2.45) is 0 Å². The highest BCUT2D eigenvalue weighted by molar-refractivity contribution is 6.30. The Morgan fingerprint density at radius 1 is 1.29 bits per heavy atom. The first-order valence-corrected chi connectivity index (χ1v) is 7.72. The third-order valence-corrected chi connectivity index (χ3v) is 3.35. The van der Waals surface area contributed by atoms with Crippen molar-refractivity contribution in [3.63, 3.8) is 0 Å². The van der Waals surface area contributed by atoms with Crippen LogP contribution in [0, 0.1) is 0 Å². The van der Waals surface area contributed by atoms with E-state index in [0.29, 0.717) is 23.9 Å². The number of benzene rings is 1. The number of hydrogen-bond acceptors (Lipinski definition) is 4. The average Bonchev–Trinajstić information content (AvgIpc) is 2.46. The predicted molar refractivity (Wildman–Crippen MR) is 86.6 cm³/mol. The summed E-state index contributed by atoms with van der Waals surface area (Å²) in [6.45, 7) is 6.32. The van der Waals surface area contributed by atoms with Crippen molar-refractivity contribution < 1.29 is 14.2 Å². The van der Waals surface area contributed by atoms with Crippen LogP contribution in [-0.4, -0.2) is 33.5 Å². The first kappa shape index (κ1) is 18.1. The lowest BCUT2D eigenvalue weighted by molar-refractivity contribution is 0.194. The van der Waals surface area contributed by atoms with Crippen molar-refractivity contribution in [2.75, 3.05) is 27.4 Å². The summed E-state index contributed by atoms with van der Waals surface area (Å²) in [5.41, 5.74) is 0.999. The van der Waals surface area contributed by atoms with E-state index < -0.39 is 0 Å². The van der Waals surface area contributed by atoms with E-state index in [-0.39, 0.29) is 6.10 Å². The van der Waals surface area contributed by atoms with Gasteiger partial charge in [0.1, 0.15) is 0 Å². The van der Waals surface area contributed by atoms with Crippen LogP contribution in [0.4, 0.5) is 0 Å². The summed E-state index contributed by atoms with van der Waals surface area (Å²) < 4.78 is 16.5. The average molecular weight is 316 g/mol. The quantitative estimate of drug-likeness (QED) is 0.669. The van der Waals surface area contributed by atoms with Gasteiger partial charge >= 0.3 is 0 Å². The standard InChI is InChI=1S/C16H26ClNO3/c1-5-6-12(2)21-16-13(11-18-7-8-19-3)9-14(17)10-15(16)20-4/h9-10,12,18H,5-8,11H2,1-4H3. The monoisotopic (exact) mass is 315 g/mol. The number of rotatable bonds is 10. The van der Waals surface area contributed by atoms with Gasteiger partial charge in [0.05, 0.1) is 19.8 Å². The molecular formula is C16H26ClNO3. The van der Waals surface area contributed by atoms with Gasteiger partial charge in [0.15, 0.2) is 11.5 Å². The molecule has 0 aliphatic carbocycles. The second-order valence-corrected chi connectivity index (χ2v) is 5.42. The predicted octanol–water partition coefficient (Wildman–Crippen LogP) is 3.65. The van der Waals surface area contributed by atoms with Gasteiger partial charge in [0, 0.05) is 36.9 Å². The Balaban J connectivity index is 2.88. The molecule has 0 aromatic heterocycles. The number of methoxy groups -OCH3 is 2. The van der Waals surface area contributed by atoms with E-state index in [1.54, 1.807) is 20.3 Å². The first-order chi connectivity index (χ1) is 10.1. The molecule has 1 unspecified atom stereocenters. The Kier molecular flexibility index (Phi) is 8.50. The second kappa shape index (κ2) is 9.87. The van der Waals surface area contributed by atoms with Gasteiger partial charge in [-0.3, -0.25) is 0 Å². The highest BCUT2D eigenvalue weighted by Gasteiger charge is 2.15. The molecule has 1 N–H and O–H groups in total. The zero-order valence-electron chi connectivity index (χ0n) is 13.4. The molecule has 1 rings (SSSR count). The molecule has 0 saturated carbocycles. The van der Waals surface area contributed by atoms with Crippen LogP contribution in [0.15, 0.2) is 12.1 Å². The topological polar surface area (TPSA) is 39.7 Å². The minimum Gasteiger partial charge on any atom is -0.493 e. The van der Waals surface area contributed by atoms with Gasteiger partial charge in [-0.1, -0.05) is 24.9 Å². The molecule has 0 spiro atoms. The fraction of sp³-hybridized carbons (Fsp3) is 0.625. The van der Waals surface area contributed by atoms with Crippen LogP contribution in [0.3, 0.4) is 0 Å². The van der Waals surface area contributed by atoms with Gasteiger partial charge in [-0.25, -0.2) is 0 Å². The molecule has 0 aliphatic rings. The van der Waals surface area contributed by atoms with E-state index >= 15 is 0 Å². The Hall–Kier alpha value is -0.970. The highest BCUT2D eigenvalue weighted by Crippen LogP contribution is 2.35. The van der Waals surface area contributed by atoms with Gasteiger partial charge in [0.2, 0.25) is 0 Å². The van der Waals surface area contributed by atoms with E-state index in [1.165, 1.54) is 0 Å². The molecule has 1 aromatic rings. The van der Waals surface area contributed by atoms with Gasteiger partial charge in [-0.05, 0) is 19.4 Å². The molecule has 0 saturated heterocycles. The summed E-state index contributed by atoms with van der Waals surface area (Å²) in [7, 11) is 3.32. The number of halogens is 1. The molecule has 0 bridgehead atoms. The maximum absolute atomic E-state index is 6.15. The van der Waals surface area contributed by atoms with Gasteiger partial charge in [0.25, 0.3) is 0 Å². The lowest BCUT2D eigenvalue weighted by atomic mass is 10.1. The van der Waals surface area contributed by atoms with Crippen LogP contribution in [0.2, 0.25) is 5.02 Å². The summed E-state index contributed by atoms with van der Waals surface area (Å²) in [6.07, 6.45) is 2.23. The SMILES string of the molecule is CCCC(C)Oc1c(CNCCOC)cc(Cl)cc1OC. The molecule has 5 heteroatoms. The maximum atomic E-state index is 6.15. The minimum absolute atomic E-state index is 0.141. The zero-order valence-corrected chi connectivity index (χ0v) is 14.1. The largest absolute Gasteiger partial charge is 0.493 e. The zero-order chi connectivity index (χ0) is 15.7. The van der Waals surface area contributed by atoms with Crippen LogP contribution >= 0.6 is 11.6 Å². The van der Waals surface area contributed by atoms with Crippen LogP contribution in [0.25, 0.3) is 0 Å². The maximum Gasteiger partial charge on any atom is 0.166 e. The molecule has 1 aromatic carbocycles. The summed E-state index contributed by atoms with van der Waals surface area (Å²) >= 11 is 6.15. The van der Waals surface area contributed by atoms with Crippen molar-refractivity contribution in [1.82, 2.24) is 5.32 Å². The summed E-state index contributed by atoms with van der Waals surface area (Å²) in [6, 6.07) is 3.70. The Morgan fingerprint density at radius 2 is 2.05 bits per heavy atom. The Labute approximate surface area is 132 Å². The van der Waals surface area contributed by atoms with Crippen molar-refractivity contribution in [3.8, 4) is 11.5 Å². The number of nitrogens with one attached hydrogen (secondary N) is 1. The van der Waals surface area contributed by atoms with Crippen LogP contribution in [0.1, 0.15) is 32.3 Å². The number of ether oxygens (including phenoxy) is 3. The van der Waals surface area contributed by atoms with Gasteiger partial charge < -0.3 is 19.5 Å². The third-order valence-electron chi connectivity index (χ3n) is 3.13. The molecule has 21 heavy (non-hydrogen) atoms. The van der Waals surface area contributed by atoms with Crippen molar-refractivity contribution in [1.29, 1.82) is 0 Å². The van der Waals surface area contributed by atoms with Crippen LogP contribution < -0.4 is 14.8 Å². The molecule has 0 amide bonds. The van der Waals surface area contributed by atoms with E-state index in [2.05, 4.69) is 19.2 Å². The van der Waals surface area contributed by atoms with Gasteiger partial charge in [-0.15, -0.1) is 0 Å². The van der Waals surface area contributed by atoms with E-state index in [9.17, 15) is 0 Å². The van der Waals surface area contributed by atoms with E-state index in [4.69, 9.17) is 25.8 Å². The molecule has 4 nitrogen and oxygen atoms in total. The molecule has 120 valence electrons. The fourth-order valence-corrected chi connectivity index (χ4v) is 2.33. The molecule has 0 radical (unpaired) electrons. The lowest BCUT2D eigenvalue weighted by Gasteiger charge is -2.20. The summed E-state index contributed by atoms with van der Waals surface area (Å²) in [4.78, 5) is 0. The Bertz CT molecular complexity index is 426. The molecule has 0 heterocycles. The second-order valence-electron chi connectivity index (χ2n) is 4.98. The number of hydrogen-bond donors (Lipinski definition) is 1. The smallest absolute Gasteiger partial charge is 0.166 e. The minimum atomic E-state index is 0.141. The molecular weight excluding hydrogens is 290 g/mol. The highest BCUT2D eigenvalue weighted by atomic mass is 35.5. The van der Waals surface area contributed by atoms with Crippen molar-refractivity contribution >= 4 is 11.6 Å². The van der Waals surface area contributed by atoms with E-state index in [0.717, 1.165) is 30.7 Å². The summed E-state index contributed by atoms with van der Waals surface area (Å²) in [5, 5.41) is 3.95. The lowest BCUT2D eigenvalue weighted by Crippen LogP contribution is -2.20. The molecule has 0 fully saturated rings. The normalized spacial score (nSPS) is 12.2. The van der Waals surface area contributed by atoms with Crippen molar-refractivity contribution in [3.05, 3.63) is 22.7 Å². The fourth-order valence-electron chi connectivity index (χ4n) is 2.10. The van der Waals surface area contributed by atoms with Gasteiger partial charge in [-0.2, -0.15) is 0 Å².